The molecule has 0 aromatic rings. The number of aliphatic hydroxyl groups is 1. The monoisotopic (exact) mass is 248 g/mol. The van der Waals surface area contributed by atoms with Crippen LogP contribution in [0.2, 0.25) is 0 Å². The van der Waals surface area contributed by atoms with Crippen LogP contribution in [0.3, 0.4) is 0 Å². The van der Waals surface area contributed by atoms with Crippen molar-refractivity contribution in [2.75, 3.05) is 0 Å². The normalized spacial score (nSPS) is 47.2. The maximum Gasteiger partial charge on any atom is 0.334 e. The summed E-state index contributed by atoms with van der Waals surface area (Å²) in [6, 6.07) is 0. The fourth-order valence-corrected chi connectivity index (χ4v) is 3.94. The van der Waals surface area contributed by atoms with E-state index in [1.807, 2.05) is 6.92 Å². The number of ether oxygens (including phenoxy) is 1. The molecule has 1 aliphatic heterocycles. The number of hydrogen-bond acceptors (Lipinski definition) is 3. The summed E-state index contributed by atoms with van der Waals surface area (Å²) in [6.07, 6.45) is 4.59. The van der Waals surface area contributed by atoms with E-state index in [2.05, 4.69) is 19.6 Å². The van der Waals surface area contributed by atoms with E-state index in [1.54, 1.807) is 0 Å². The van der Waals surface area contributed by atoms with Gasteiger partial charge in [-0.15, -0.1) is 0 Å². The van der Waals surface area contributed by atoms with E-state index in [1.165, 1.54) is 5.57 Å². The number of hydrogen-bond donors (Lipinski definition) is 1. The van der Waals surface area contributed by atoms with Gasteiger partial charge in [0.15, 0.2) is 0 Å². The zero-order chi connectivity index (χ0) is 13.1. The Morgan fingerprint density at radius 3 is 2.94 bits per heavy atom. The molecule has 3 rings (SSSR count). The third-order valence-corrected chi connectivity index (χ3v) is 5.12. The molecule has 3 heteroatoms. The van der Waals surface area contributed by atoms with Crippen LogP contribution in [0.5, 0.6) is 0 Å². The Labute approximate surface area is 108 Å². The summed E-state index contributed by atoms with van der Waals surface area (Å²) in [7, 11) is 0. The molecule has 5 atom stereocenters. The van der Waals surface area contributed by atoms with Crippen molar-refractivity contribution >= 4 is 5.97 Å². The Bertz CT molecular complexity index is 447. The first kappa shape index (κ1) is 12.0. The van der Waals surface area contributed by atoms with Gasteiger partial charge in [-0.25, -0.2) is 4.79 Å². The summed E-state index contributed by atoms with van der Waals surface area (Å²) in [6.45, 7) is 7.88. The van der Waals surface area contributed by atoms with Gasteiger partial charge in [0.25, 0.3) is 0 Å². The van der Waals surface area contributed by atoms with E-state index in [9.17, 15) is 9.90 Å². The maximum atomic E-state index is 11.6. The van der Waals surface area contributed by atoms with Crippen LogP contribution in [-0.4, -0.2) is 22.8 Å². The summed E-state index contributed by atoms with van der Waals surface area (Å²) in [5.74, 6) is 0.421. The minimum absolute atomic E-state index is 0.0482. The van der Waals surface area contributed by atoms with Gasteiger partial charge < -0.3 is 9.84 Å². The topological polar surface area (TPSA) is 46.5 Å². The minimum Gasteiger partial charge on any atom is -0.454 e. The summed E-state index contributed by atoms with van der Waals surface area (Å²) < 4.78 is 5.36. The average Bonchev–Trinajstić information content (AvgIpc) is 2.65. The number of carbonyl (C=O) groups is 1. The fourth-order valence-electron chi connectivity index (χ4n) is 3.94. The van der Waals surface area contributed by atoms with Gasteiger partial charge in [0.05, 0.1) is 5.60 Å². The van der Waals surface area contributed by atoms with E-state index in [4.69, 9.17) is 4.74 Å². The van der Waals surface area contributed by atoms with Crippen LogP contribution in [-0.2, 0) is 9.53 Å². The molecule has 0 aromatic heterocycles. The first-order valence-electron chi connectivity index (χ1n) is 6.70. The molecule has 98 valence electrons. The van der Waals surface area contributed by atoms with Gasteiger partial charge in [0.2, 0.25) is 0 Å². The van der Waals surface area contributed by atoms with Gasteiger partial charge in [-0.2, -0.15) is 0 Å². The Morgan fingerprint density at radius 1 is 1.50 bits per heavy atom. The van der Waals surface area contributed by atoms with Gasteiger partial charge in [-0.3, -0.25) is 0 Å². The largest absolute Gasteiger partial charge is 0.454 e. The maximum absolute atomic E-state index is 11.6. The highest BCUT2D eigenvalue weighted by Gasteiger charge is 2.50. The highest BCUT2D eigenvalue weighted by Crippen LogP contribution is 2.51. The molecule has 2 aliphatic carbocycles. The molecule has 1 saturated heterocycles. The molecule has 0 aromatic carbocycles. The van der Waals surface area contributed by atoms with Gasteiger partial charge in [0, 0.05) is 11.5 Å². The van der Waals surface area contributed by atoms with Crippen molar-refractivity contribution in [3.63, 3.8) is 0 Å². The van der Waals surface area contributed by atoms with Gasteiger partial charge in [0.1, 0.15) is 6.10 Å². The highest BCUT2D eigenvalue weighted by atomic mass is 16.5. The summed E-state index contributed by atoms with van der Waals surface area (Å²) in [5, 5.41) is 10.5. The average molecular weight is 248 g/mol. The van der Waals surface area contributed by atoms with Crippen molar-refractivity contribution < 1.29 is 14.6 Å². The van der Waals surface area contributed by atoms with Crippen molar-refractivity contribution in [1.82, 2.24) is 0 Å². The smallest absolute Gasteiger partial charge is 0.334 e. The molecule has 1 heterocycles. The van der Waals surface area contributed by atoms with Gasteiger partial charge >= 0.3 is 5.97 Å². The molecule has 3 nitrogen and oxygen atoms in total. The molecule has 0 amide bonds. The van der Waals surface area contributed by atoms with Crippen LogP contribution in [0.15, 0.2) is 23.8 Å². The first-order chi connectivity index (χ1) is 8.40. The van der Waals surface area contributed by atoms with Crippen LogP contribution < -0.4 is 0 Å². The predicted octanol–water partition coefficient (Wildman–Crippen LogP) is 2.21. The number of allylic oxidation sites excluding steroid dienone is 1. The predicted molar refractivity (Wildman–Crippen MR) is 67.7 cm³/mol. The van der Waals surface area contributed by atoms with Crippen molar-refractivity contribution in [3.8, 4) is 0 Å². The number of rotatable bonds is 0. The van der Waals surface area contributed by atoms with E-state index in [0.29, 0.717) is 11.5 Å². The molecular weight excluding hydrogens is 228 g/mol. The zero-order valence-electron chi connectivity index (χ0n) is 11.0. The summed E-state index contributed by atoms with van der Waals surface area (Å²) in [4.78, 5) is 11.6. The second-order valence-electron chi connectivity index (χ2n) is 6.26. The van der Waals surface area contributed by atoms with Crippen molar-refractivity contribution in [2.45, 2.75) is 44.8 Å². The second-order valence-corrected chi connectivity index (χ2v) is 6.26. The van der Waals surface area contributed by atoms with E-state index < -0.39 is 5.60 Å². The van der Waals surface area contributed by atoms with Crippen LogP contribution in [0.4, 0.5) is 0 Å². The van der Waals surface area contributed by atoms with Crippen molar-refractivity contribution in [3.05, 3.63) is 23.8 Å². The molecular formula is C15H20O3. The second kappa shape index (κ2) is 3.70. The number of esters is 1. The lowest BCUT2D eigenvalue weighted by molar-refractivity contribution is -0.137. The first-order valence-corrected chi connectivity index (χ1v) is 6.70. The fraction of sp³-hybridized carbons (Fsp3) is 0.667. The molecule has 0 spiro atoms. The quantitative estimate of drug-likeness (QED) is 0.406. The lowest BCUT2D eigenvalue weighted by Crippen LogP contribution is -2.33. The molecule has 0 bridgehead atoms. The van der Waals surface area contributed by atoms with Crippen LogP contribution in [0.25, 0.3) is 0 Å². The van der Waals surface area contributed by atoms with Crippen LogP contribution >= 0.6 is 0 Å². The molecule has 2 unspecified atom stereocenters. The third kappa shape index (κ3) is 1.57. The van der Waals surface area contributed by atoms with E-state index >= 15 is 0 Å². The SMILES string of the molecule is C=C1C(=O)OC2C=C(C)[C@H]3CC[C@](C)(O)[C@H]3CC12. The molecule has 3 aliphatic rings. The van der Waals surface area contributed by atoms with E-state index in [0.717, 1.165) is 19.3 Å². The zero-order valence-corrected chi connectivity index (χ0v) is 11.0. The Hall–Kier alpha value is -1.09. The van der Waals surface area contributed by atoms with Crippen molar-refractivity contribution in [1.29, 1.82) is 0 Å². The molecule has 1 N–H and O–H groups in total. The minimum atomic E-state index is -0.624. The Balaban J connectivity index is 1.99. The molecule has 18 heavy (non-hydrogen) atoms. The summed E-state index contributed by atoms with van der Waals surface area (Å²) >= 11 is 0. The van der Waals surface area contributed by atoms with E-state index in [-0.39, 0.29) is 23.9 Å². The number of carbonyl (C=O) groups excluding carboxylic acids is 1. The lowest BCUT2D eigenvalue weighted by Gasteiger charge is -2.30. The summed E-state index contributed by atoms with van der Waals surface area (Å²) in [5.41, 5.74) is 1.21. The highest BCUT2D eigenvalue weighted by molar-refractivity contribution is 5.91. The van der Waals surface area contributed by atoms with Crippen LogP contribution in [0.1, 0.15) is 33.1 Å². The van der Waals surface area contributed by atoms with Crippen LogP contribution in [0, 0.1) is 17.8 Å². The van der Waals surface area contributed by atoms with Gasteiger partial charge in [-0.05, 0) is 51.0 Å². The molecule has 0 radical (unpaired) electrons. The number of fused-ring (bicyclic) bond motifs is 2. The molecule has 2 fully saturated rings. The van der Waals surface area contributed by atoms with Gasteiger partial charge in [-0.1, -0.05) is 12.2 Å². The Kier molecular flexibility index (Phi) is 2.46. The molecule has 1 saturated carbocycles. The third-order valence-electron chi connectivity index (χ3n) is 5.12. The standard InChI is InChI=1S/C15H20O3/c1-8-6-13-11(9(2)14(16)18-13)7-12-10(8)4-5-15(12,3)17/h6,10-13,17H,2,4-5,7H2,1,3H3/t10-,11?,12+,13?,15+/m1/s1. The van der Waals surface area contributed by atoms with Crippen molar-refractivity contribution in [2.24, 2.45) is 17.8 Å². The Morgan fingerprint density at radius 2 is 2.22 bits per heavy atom. The lowest BCUT2D eigenvalue weighted by atomic mass is 9.78.